The van der Waals surface area contributed by atoms with Gasteiger partial charge in [-0.15, -0.1) is 0 Å². The third kappa shape index (κ3) is 1.44. The van der Waals surface area contributed by atoms with E-state index in [2.05, 4.69) is 0 Å². The molecule has 0 N–H and O–H groups in total. The molecule has 0 aromatic heterocycles. The molecule has 1 amide bonds. The average molecular weight is 251 g/mol. The van der Waals surface area contributed by atoms with Gasteiger partial charge in [0.15, 0.2) is 0 Å². The highest BCUT2D eigenvalue weighted by Gasteiger charge is 2.69. The number of nitrogens with zero attached hydrogens (tertiary/aromatic N) is 1. The molecule has 6 atom stereocenters. The Kier molecular flexibility index (Phi) is 1.98. The van der Waals surface area contributed by atoms with Crippen LogP contribution in [0.25, 0.3) is 0 Å². The zero-order valence-corrected chi connectivity index (χ0v) is 11.3. The lowest BCUT2D eigenvalue weighted by molar-refractivity contribution is 0.0268. The fourth-order valence-electron chi connectivity index (χ4n) is 4.48. The summed E-state index contributed by atoms with van der Waals surface area (Å²) in [5.74, 6) is 2.78. The van der Waals surface area contributed by atoms with E-state index in [0.717, 1.165) is 24.9 Å². The summed E-state index contributed by atoms with van der Waals surface area (Å²) in [6.45, 7) is 7.54. The highest BCUT2D eigenvalue weighted by Crippen LogP contribution is 2.63. The summed E-state index contributed by atoms with van der Waals surface area (Å²) in [7, 11) is 0. The van der Waals surface area contributed by atoms with Gasteiger partial charge in [-0.3, -0.25) is 0 Å². The van der Waals surface area contributed by atoms with Crippen LogP contribution >= 0.6 is 0 Å². The van der Waals surface area contributed by atoms with E-state index in [-0.39, 0.29) is 11.7 Å². The lowest BCUT2D eigenvalue weighted by Gasteiger charge is -2.25. The number of amides is 1. The highest BCUT2D eigenvalue weighted by molar-refractivity contribution is 5.68. The van der Waals surface area contributed by atoms with Crippen molar-refractivity contribution in [2.45, 2.75) is 45.0 Å². The molecule has 4 rings (SSSR count). The lowest BCUT2D eigenvalue weighted by atomic mass is 9.82. The largest absolute Gasteiger partial charge is 0.444 e. The molecular formula is C14H21NO3. The number of ether oxygens (including phenoxy) is 2. The average Bonchev–Trinajstić information content (AvgIpc) is 2.68. The first-order valence-electron chi connectivity index (χ1n) is 7.07. The van der Waals surface area contributed by atoms with Crippen molar-refractivity contribution in [2.75, 3.05) is 13.1 Å². The third-order valence-corrected chi connectivity index (χ3v) is 5.11. The summed E-state index contributed by atoms with van der Waals surface area (Å²) in [6, 6.07) is 0. The molecule has 4 fully saturated rings. The van der Waals surface area contributed by atoms with Crippen molar-refractivity contribution < 1.29 is 14.3 Å². The molecule has 0 unspecified atom stereocenters. The van der Waals surface area contributed by atoms with Crippen LogP contribution in [0.5, 0.6) is 0 Å². The van der Waals surface area contributed by atoms with E-state index in [1.54, 1.807) is 0 Å². The third-order valence-electron chi connectivity index (χ3n) is 5.11. The van der Waals surface area contributed by atoms with Crippen molar-refractivity contribution in [1.82, 2.24) is 4.90 Å². The van der Waals surface area contributed by atoms with Crippen LogP contribution < -0.4 is 0 Å². The minimum Gasteiger partial charge on any atom is -0.444 e. The van der Waals surface area contributed by atoms with Crippen molar-refractivity contribution in [2.24, 2.45) is 23.7 Å². The molecule has 2 saturated heterocycles. The van der Waals surface area contributed by atoms with Gasteiger partial charge in [0.25, 0.3) is 0 Å². The first-order chi connectivity index (χ1) is 8.44. The zero-order valence-electron chi connectivity index (χ0n) is 11.3. The Balaban J connectivity index is 1.45. The molecule has 4 nitrogen and oxygen atoms in total. The van der Waals surface area contributed by atoms with Gasteiger partial charge in [0.2, 0.25) is 0 Å². The van der Waals surface area contributed by atoms with Gasteiger partial charge in [-0.2, -0.15) is 0 Å². The fourth-order valence-corrected chi connectivity index (χ4v) is 4.48. The van der Waals surface area contributed by atoms with Gasteiger partial charge >= 0.3 is 6.09 Å². The van der Waals surface area contributed by atoms with E-state index < -0.39 is 0 Å². The minimum absolute atomic E-state index is 0.133. The Morgan fingerprint density at radius 1 is 1.11 bits per heavy atom. The van der Waals surface area contributed by atoms with Crippen molar-refractivity contribution >= 4 is 6.09 Å². The van der Waals surface area contributed by atoms with E-state index in [1.165, 1.54) is 6.42 Å². The van der Waals surface area contributed by atoms with Gasteiger partial charge in [-0.25, -0.2) is 4.79 Å². The van der Waals surface area contributed by atoms with E-state index in [0.29, 0.717) is 24.0 Å². The summed E-state index contributed by atoms with van der Waals surface area (Å²) in [4.78, 5) is 14.0. The number of epoxide rings is 1. The fraction of sp³-hybridized carbons (Fsp3) is 0.929. The quantitative estimate of drug-likeness (QED) is 0.617. The Hall–Kier alpha value is -0.770. The van der Waals surface area contributed by atoms with Crippen LogP contribution in [0.3, 0.4) is 0 Å². The zero-order chi connectivity index (χ0) is 12.7. The lowest BCUT2D eigenvalue weighted by Crippen LogP contribution is -2.36. The summed E-state index contributed by atoms with van der Waals surface area (Å²) in [5.41, 5.74) is -0.390. The molecular weight excluding hydrogens is 230 g/mol. The van der Waals surface area contributed by atoms with Crippen LogP contribution in [-0.2, 0) is 9.47 Å². The van der Waals surface area contributed by atoms with Gasteiger partial charge < -0.3 is 14.4 Å². The smallest absolute Gasteiger partial charge is 0.410 e. The van der Waals surface area contributed by atoms with E-state index >= 15 is 0 Å². The van der Waals surface area contributed by atoms with Crippen LogP contribution in [-0.4, -0.2) is 41.9 Å². The molecule has 0 aromatic rings. The summed E-state index contributed by atoms with van der Waals surface area (Å²) < 4.78 is 11.2. The SMILES string of the molecule is CC(C)(C)OC(=O)N1C[C@@H]2[C@H](C1)[C@@H]1C[C@H]2[C@@H]2O[C@@H]12. The topological polar surface area (TPSA) is 42.1 Å². The molecule has 2 aliphatic carbocycles. The van der Waals surface area contributed by atoms with E-state index in [1.807, 2.05) is 25.7 Å². The van der Waals surface area contributed by atoms with Crippen LogP contribution in [0.1, 0.15) is 27.2 Å². The number of rotatable bonds is 0. The number of fused-ring (bicyclic) bond motifs is 8. The maximum Gasteiger partial charge on any atom is 0.410 e. The molecule has 4 heteroatoms. The van der Waals surface area contributed by atoms with Crippen LogP contribution in [0.4, 0.5) is 4.79 Å². The molecule has 4 aliphatic rings. The van der Waals surface area contributed by atoms with E-state index in [9.17, 15) is 4.79 Å². The Morgan fingerprint density at radius 3 is 2.17 bits per heavy atom. The number of likely N-dealkylation sites (tertiary alicyclic amines) is 1. The minimum atomic E-state index is -0.390. The molecule has 2 saturated carbocycles. The van der Waals surface area contributed by atoms with Crippen LogP contribution in [0.15, 0.2) is 0 Å². The molecule has 0 radical (unpaired) electrons. The summed E-state index contributed by atoms with van der Waals surface area (Å²) >= 11 is 0. The Labute approximate surface area is 108 Å². The highest BCUT2D eigenvalue weighted by atomic mass is 16.6. The summed E-state index contributed by atoms with van der Waals surface area (Å²) in [6.07, 6.45) is 2.28. The van der Waals surface area contributed by atoms with Gasteiger partial charge in [-0.05, 0) is 50.9 Å². The van der Waals surface area contributed by atoms with E-state index in [4.69, 9.17) is 9.47 Å². The van der Waals surface area contributed by atoms with Gasteiger partial charge in [0.05, 0.1) is 12.2 Å². The maximum absolute atomic E-state index is 12.1. The first-order valence-corrected chi connectivity index (χ1v) is 7.07. The number of hydrogen-bond donors (Lipinski definition) is 0. The van der Waals surface area contributed by atoms with Crippen molar-refractivity contribution in [3.63, 3.8) is 0 Å². The Bertz CT molecular complexity index is 380. The second kappa shape index (κ2) is 3.21. The predicted octanol–water partition coefficient (Wildman–Crippen LogP) is 1.89. The molecule has 100 valence electrons. The molecule has 0 aromatic carbocycles. The predicted molar refractivity (Wildman–Crippen MR) is 65.0 cm³/mol. The number of carbonyl (C=O) groups excluding carboxylic acids is 1. The standard InChI is InChI=1S/C14H21NO3/c1-14(2,3)18-13(16)15-5-9-7-4-8(10(9)6-15)12-11(7)17-12/h7-12H,4-6H2,1-3H3/t7-,8+,9+,10-,11-,12-/m0/s1. The maximum atomic E-state index is 12.1. The summed E-state index contributed by atoms with van der Waals surface area (Å²) in [5, 5.41) is 0. The Morgan fingerprint density at radius 2 is 1.67 bits per heavy atom. The van der Waals surface area contributed by atoms with Crippen molar-refractivity contribution in [3.05, 3.63) is 0 Å². The number of carbonyl (C=O) groups is 1. The monoisotopic (exact) mass is 251 g/mol. The van der Waals surface area contributed by atoms with Gasteiger partial charge in [0, 0.05) is 13.1 Å². The van der Waals surface area contributed by atoms with Crippen molar-refractivity contribution in [3.8, 4) is 0 Å². The first kappa shape index (κ1) is 11.1. The molecule has 0 spiro atoms. The number of hydrogen-bond acceptors (Lipinski definition) is 3. The van der Waals surface area contributed by atoms with Crippen LogP contribution in [0.2, 0.25) is 0 Å². The second-order valence-corrected chi connectivity index (χ2v) is 7.34. The van der Waals surface area contributed by atoms with Gasteiger partial charge in [0.1, 0.15) is 5.60 Å². The molecule has 2 bridgehead atoms. The second-order valence-electron chi connectivity index (χ2n) is 7.34. The molecule has 2 aliphatic heterocycles. The molecule has 2 heterocycles. The van der Waals surface area contributed by atoms with Crippen molar-refractivity contribution in [1.29, 1.82) is 0 Å². The molecule has 18 heavy (non-hydrogen) atoms. The van der Waals surface area contributed by atoms with Crippen LogP contribution in [0, 0.1) is 23.7 Å². The normalized spacial score (nSPS) is 48.1. The van der Waals surface area contributed by atoms with Gasteiger partial charge in [-0.1, -0.05) is 0 Å².